The first-order valence-corrected chi connectivity index (χ1v) is 8.78. The Bertz CT molecular complexity index is 1070. The van der Waals surface area contributed by atoms with Crippen LogP contribution in [0, 0.1) is 5.82 Å². The molecule has 4 aromatic rings. The molecule has 4 rings (SSSR count). The smallest absolute Gasteiger partial charge is 0.277 e. The lowest BCUT2D eigenvalue weighted by Gasteiger charge is -2.01. The van der Waals surface area contributed by atoms with E-state index in [4.69, 9.17) is 4.52 Å². The summed E-state index contributed by atoms with van der Waals surface area (Å²) in [5.41, 5.74) is 2.57. The number of nitrogens with zero attached hydrogens (tertiary/aromatic N) is 3. The SMILES string of the molecule is O=C(Nc1cnn(CCc2ccccc2)c1)c1cc(-c2ccc(F)cc2)on1. The van der Waals surface area contributed by atoms with Gasteiger partial charge >= 0.3 is 0 Å². The van der Waals surface area contributed by atoms with Gasteiger partial charge in [0.2, 0.25) is 0 Å². The molecule has 0 aliphatic rings. The van der Waals surface area contributed by atoms with Gasteiger partial charge in [0.15, 0.2) is 11.5 Å². The number of hydrogen-bond acceptors (Lipinski definition) is 4. The fraction of sp³-hybridized carbons (Fsp3) is 0.0952. The number of hydrogen-bond donors (Lipinski definition) is 1. The third kappa shape index (κ3) is 4.15. The number of amides is 1. The molecule has 0 fully saturated rings. The number of halogens is 1. The van der Waals surface area contributed by atoms with Crippen molar-refractivity contribution in [3.8, 4) is 11.3 Å². The van der Waals surface area contributed by atoms with Crippen LogP contribution >= 0.6 is 0 Å². The van der Waals surface area contributed by atoms with Crippen LogP contribution in [-0.2, 0) is 13.0 Å². The van der Waals surface area contributed by atoms with E-state index in [9.17, 15) is 9.18 Å². The summed E-state index contributed by atoms with van der Waals surface area (Å²) in [4.78, 5) is 12.4. The van der Waals surface area contributed by atoms with Gasteiger partial charge in [0.1, 0.15) is 5.82 Å². The topological polar surface area (TPSA) is 73.0 Å². The highest BCUT2D eigenvalue weighted by atomic mass is 19.1. The van der Waals surface area contributed by atoms with Crippen molar-refractivity contribution in [3.05, 3.63) is 90.1 Å². The number of aromatic nitrogens is 3. The van der Waals surface area contributed by atoms with Crippen LogP contribution in [0.3, 0.4) is 0 Å². The van der Waals surface area contributed by atoms with Crippen molar-refractivity contribution in [1.29, 1.82) is 0 Å². The zero-order valence-electron chi connectivity index (χ0n) is 14.9. The molecule has 1 amide bonds. The van der Waals surface area contributed by atoms with Gasteiger partial charge in [-0.1, -0.05) is 35.5 Å². The Balaban J connectivity index is 1.37. The van der Waals surface area contributed by atoms with Gasteiger partial charge in [-0.2, -0.15) is 5.10 Å². The predicted octanol–water partition coefficient (Wildman–Crippen LogP) is 4.17. The van der Waals surface area contributed by atoms with Crippen LogP contribution in [0.5, 0.6) is 0 Å². The first kappa shape index (κ1) is 17.7. The third-order valence-corrected chi connectivity index (χ3v) is 4.24. The molecule has 0 atom stereocenters. The van der Waals surface area contributed by atoms with Crippen LogP contribution < -0.4 is 5.32 Å². The highest BCUT2D eigenvalue weighted by Gasteiger charge is 2.15. The van der Waals surface area contributed by atoms with Crippen molar-refractivity contribution in [2.75, 3.05) is 5.32 Å². The fourth-order valence-electron chi connectivity index (χ4n) is 2.77. The molecule has 28 heavy (non-hydrogen) atoms. The van der Waals surface area contributed by atoms with Crippen molar-refractivity contribution in [2.45, 2.75) is 13.0 Å². The number of carbonyl (C=O) groups is 1. The highest BCUT2D eigenvalue weighted by Crippen LogP contribution is 2.21. The van der Waals surface area contributed by atoms with Gasteiger partial charge in [0.05, 0.1) is 11.9 Å². The maximum Gasteiger partial charge on any atom is 0.277 e. The Morgan fingerprint density at radius 2 is 1.89 bits per heavy atom. The molecule has 140 valence electrons. The first-order chi connectivity index (χ1) is 13.7. The van der Waals surface area contributed by atoms with Gasteiger partial charge < -0.3 is 9.84 Å². The summed E-state index contributed by atoms with van der Waals surface area (Å²) in [6.45, 7) is 0.707. The quantitative estimate of drug-likeness (QED) is 0.548. The molecular weight excluding hydrogens is 359 g/mol. The van der Waals surface area contributed by atoms with E-state index in [0.29, 0.717) is 23.6 Å². The van der Waals surface area contributed by atoms with E-state index in [0.717, 1.165) is 6.42 Å². The van der Waals surface area contributed by atoms with Gasteiger partial charge in [0.25, 0.3) is 5.91 Å². The fourth-order valence-corrected chi connectivity index (χ4v) is 2.77. The Labute approximate surface area is 160 Å². The van der Waals surface area contributed by atoms with Crippen molar-refractivity contribution >= 4 is 11.6 Å². The Morgan fingerprint density at radius 1 is 1.11 bits per heavy atom. The summed E-state index contributed by atoms with van der Waals surface area (Å²) >= 11 is 0. The number of carbonyl (C=O) groups excluding carboxylic acids is 1. The largest absolute Gasteiger partial charge is 0.355 e. The van der Waals surface area contributed by atoms with Gasteiger partial charge in [-0.25, -0.2) is 4.39 Å². The second kappa shape index (κ2) is 7.87. The van der Waals surface area contributed by atoms with Gasteiger partial charge in [-0.3, -0.25) is 9.48 Å². The van der Waals surface area contributed by atoms with E-state index in [1.54, 1.807) is 29.2 Å². The maximum absolute atomic E-state index is 13.0. The molecule has 0 saturated carbocycles. The van der Waals surface area contributed by atoms with E-state index in [-0.39, 0.29) is 11.5 Å². The zero-order chi connectivity index (χ0) is 19.3. The molecule has 0 aliphatic carbocycles. The lowest BCUT2D eigenvalue weighted by Crippen LogP contribution is -2.11. The minimum Gasteiger partial charge on any atom is -0.355 e. The summed E-state index contributed by atoms with van der Waals surface area (Å²) in [6.07, 6.45) is 4.20. The molecule has 0 spiro atoms. The van der Waals surface area contributed by atoms with E-state index in [2.05, 4.69) is 27.7 Å². The molecule has 2 heterocycles. The second-order valence-corrected chi connectivity index (χ2v) is 6.27. The van der Waals surface area contributed by atoms with Crippen LogP contribution in [0.2, 0.25) is 0 Å². The van der Waals surface area contributed by atoms with E-state index in [1.165, 1.54) is 23.8 Å². The van der Waals surface area contributed by atoms with Crippen LogP contribution in [0.25, 0.3) is 11.3 Å². The number of benzene rings is 2. The average molecular weight is 376 g/mol. The molecule has 0 unspecified atom stereocenters. The van der Waals surface area contributed by atoms with Gasteiger partial charge in [-0.05, 0) is 36.2 Å². The van der Waals surface area contributed by atoms with Gasteiger partial charge in [-0.15, -0.1) is 0 Å². The predicted molar refractivity (Wildman–Crippen MR) is 102 cm³/mol. The van der Waals surface area contributed by atoms with Crippen LogP contribution in [0.1, 0.15) is 16.1 Å². The van der Waals surface area contributed by atoms with E-state index < -0.39 is 5.91 Å². The first-order valence-electron chi connectivity index (χ1n) is 8.78. The third-order valence-electron chi connectivity index (χ3n) is 4.24. The molecule has 0 saturated heterocycles. The monoisotopic (exact) mass is 376 g/mol. The van der Waals surface area contributed by atoms with Crippen molar-refractivity contribution in [2.24, 2.45) is 0 Å². The van der Waals surface area contributed by atoms with E-state index >= 15 is 0 Å². The van der Waals surface area contributed by atoms with Crippen LogP contribution in [0.15, 0.2) is 77.6 Å². The second-order valence-electron chi connectivity index (χ2n) is 6.27. The summed E-state index contributed by atoms with van der Waals surface area (Å²) < 4.78 is 20.0. The lowest BCUT2D eigenvalue weighted by molar-refractivity contribution is 0.101. The normalized spacial score (nSPS) is 10.8. The average Bonchev–Trinajstić information content (AvgIpc) is 3.38. The standard InChI is InChI=1S/C21H17FN4O2/c22-17-8-6-16(7-9-17)20-12-19(25-28-20)21(27)24-18-13-23-26(14-18)11-10-15-4-2-1-3-5-15/h1-9,12-14H,10-11H2,(H,24,27). The van der Waals surface area contributed by atoms with Crippen molar-refractivity contribution in [3.63, 3.8) is 0 Å². The van der Waals surface area contributed by atoms with Gasteiger partial charge in [0, 0.05) is 24.4 Å². The Kier molecular flexibility index (Phi) is 4.97. The number of nitrogens with one attached hydrogen (secondary N) is 1. The minimum atomic E-state index is -0.403. The summed E-state index contributed by atoms with van der Waals surface area (Å²) in [6, 6.07) is 17.4. The molecular formula is C21H17FN4O2. The highest BCUT2D eigenvalue weighted by molar-refractivity contribution is 6.03. The Morgan fingerprint density at radius 3 is 2.68 bits per heavy atom. The summed E-state index contributed by atoms with van der Waals surface area (Å²) in [7, 11) is 0. The maximum atomic E-state index is 13.0. The minimum absolute atomic E-state index is 0.136. The zero-order valence-corrected chi connectivity index (χ0v) is 14.9. The Hall–Kier alpha value is -3.74. The number of anilines is 1. The van der Waals surface area contributed by atoms with E-state index in [1.807, 2.05) is 18.2 Å². The van der Waals surface area contributed by atoms with Crippen LogP contribution in [0.4, 0.5) is 10.1 Å². The molecule has 0 radical (unpaired) electrons. The van der Waals surface area contributed by atoms with Crippen molar-refractivity contribution in [1.82, 2.24) is 14.9 Å². The molecule has 6 nitrogen and oxygen atoms in total. The number of aryl methyl sites for hydroxylation is 2. The van der Waals surface area contributed by atoms with Crippen molar-refractivity contribution < 1.29 is 13.7 Å². The lowest BCUT2D eigenvalue weighted by atomic mass is 10.1. The molecule has 7 heteroatoms. The molecule has 1 N–H and O–H groups in total. The van der Waals surface area contributed by atoms with Crippen LogP contribution in [-0.4, -0.2) is 20.8 Å². The molecule has 2 aromatic carbocycles. The number of rotatable bonds is 6. The summed E-state index contributed by atoms with van der Waals surface area (Å²) in [5.74, 6) is -0.353. The molecule has 0 aliphatic heterocycles. The molecule has 0 bridgehead atoms. The molecule has 2 aromatic heterocycles. The summed E-state index contributed by atoms with van der Waals surface area (Å²) in [5, 5.41) is 10.8.